The van der Waals surface area contributed by atoms with Gasteiger partial charge in [-0.05, 0) is 0 Å². The van der Waals surface area contributed by atoms with Crippen molar-refractivity contribution in [3.63, 3.8) is 0 Å². The molecule has 1 aromatic rings. The van der Waals surface area contributed by atoms with Crippen LogP contribution in [0.3, 0.4) is 0 Å². The molecule has 5 atom stereocenters. The number of hydrogen-bond donors (Lipinski definition) is 6. The first-order chi connectivity index (χ1) is 11.8. The van der Waals surface area contributed by atoms with Gasteiger partial charge >= 0.3 is 0 Å². The first-order valence-electron chi connectivity index (χ1n) is 7.90. The molecule has 11 heteroatoms. The van der Waals surface area contributed by atoms with Crippen molar-refractivity contribution < 1.29 is 29.6 Å². The summed E-state index contributed by atoms with van der Waals surface area (Å²) >= 11 is 0. The number of carbonyl (C=O) groups is 2. The molecule has 11 nitrogen and oxygen atoms in total. The summed E-state index contributed by atoms with van der Waals surface area (Å²) in [6.07, 6.45) is -4.16. The van der Waals surface area contributed by atoms with E-state index in [0.29, 0.717) is 0 Å². The molecular weight excluding hydrogens is 334 g/mol. The maximum absolute atomic E-state index is 12.2. The number of fused-ring (bicyclic) bond motifs is 1. The van der Waals surface area contributed by atoms with Gasteiger partial charge in [0, 0.05) is 5.92 Å². The van der Waals surface area contributed by atoms with E-state index in [1.807, 2.05) is 0 Å². The number of amides is 2. The lowest BCUT2D eigenvalue weighted by Crippen LogP contribution is -2.56. The number of rotatable bonds is 4. The lowest BCUT2D eigenvalue weighted by atomic mass is 10.1. The number of hydrogen-bond acceptors (Lipinski definition) is 8. The van der Waals surface area contributed by atoms with E-state index in [4.69, 9.17) is 4.74 Å². The number of ether oxygens (including phenoxy) is 1. The Kier molecular flexibility index (Phi) is 4.64. The van der Waals surface area contributed by atoms with Crippen LogP contribution in [0.25, 0.3) is 0 Å². The quantitative estimate of drug-likeness (QED) is 0.352. The predicted molar refractivity (Wildman–Crippen MR) is 83.1 cm³/mol. The highest BCUT2D eigenvalue weighted by molar-refractivity contribution is 5.99. The van der Waals surface area contributed by atoms with Crippen molar-refractivity contribution in [3.05, 3.63) is 12.0 Å². The molecule has 0 saturated carbocycles. The molecule has 138 valence electrons. The Morgan fingerprint density at radius 2 is 2.12 bits per heavy atom. The van der Waals surface area contributed by atoms with Crippen LogP contribution in [0.2, 0.25) is 0 Å². The fourth-order valence-electron chi connectivity index (χ4n) is 2.73. The first-order valence-corrected chi connectivity index (χ1v) is 7.90. The molecule has 2 aliphatic rings. The summed E-state index contributed by atoms with van der Waals surface area (Å²) in [5.41, 5.74) is 0.0628. The van der Waals surface area contributed by atoms with Crippen molar-refractivity contribution in [1.82, 2.24) is 20.2 Å². The highest BCUT2D eigenvalue weighted by atomic mass is 16.6. The van der Waals surface area contributed by atoms with Gasteiger partial charge in [0.1, 0.15) is 24.1 Å². The fraction of sp³-hybridized carbons (Fsp3) is 0.643. The maximum Gasteiger partial charge on any atom is 0.276 e. The van der Waals surface area contributed by atoms with Gasteiger partial charge in [-0.25, -0.2) is 4.98 Å². The van der Waals surface area contributed by atoms with Crippen LogP contribution in [-0.2, 0) is 9.53 Å². The minimum Gasteiger partial charge on any atom is -0.394 e. The standard InChI is InChI=1S/C14H21N5O6/c1-5(2)11(23)17-14-16-10-7(12(24)18-14)15-4-19(10)13-9(22)8(21)6(3-20)25-13/h4-6,8-9,13-14,16,20-22H,3H2,1-2H3,(H,17,23)(H,18,24). The molecule has 5 unspecified atom stereocenters. The summed E-state index contributed by atoms with van der Waals surface area (Å²) in [6.45, 7) is 2.97. The molecule has 0 bridgehead atoms. The smallest absolute Gasteiger partial charge is 0.276 e. The number of nitrogens with one attached hydrogen (secondary N) is 3. The molecule has 0 radical (unpaired) electrons. The summed E-state index contributed by atoms with van der Waals surface area (Å²) in [4.78, 5) is 28.0. The van der Waals surface area contributed by atoms with Crippen molar-refractivity contribution >= 4 is 17.6 Å². The SMILES string of the molecule is CC(C)C(=O)NC1NC(=O)c2ncn(C3OC(CO)C(O)C3O)c2N1. The number of aromatic nitrogens is 2. The second-order valence-electron chi connectivity index (χ2n) is 6.29. The van der Waals surface area contributed by atoms with E-state index in [0.717, 1.165) is 0 Å². The van der Waals surface area contributed by atoms with Crippen molar-refractivity contribution in [2.45, 2.75) is 44.7 Å². The third-order valence-electron chi connectivity index (χ3n) is 4.17. The highest BCUT2D eigenvalue weighted by Crippen LogP contribution is 2.33. The third-order valence-corrected chi connectivity index (χ3v) is 4.17. The van der Waals surface area contributed by atoms with Crippen LogP contribution >= 0.6 is 0 Å². The second-order valence-corrected chi connectivity index (χ2v) is 6.29. The van der Waals surface area contributed by atoms with Gasteiger partial charge in [0.15, 0.2) is 18.2 Å². The molecule has 2 aliphatic heterocycles. The van der Waals surface area contributed by atoms with Gasteiger partial charge in [0.25, 0.3) is 5.91 Å². The average molecular weight is 355 g/mol. The van der Waals surface area contributed by atoms with Gasteiger partial charge in [-0.2, -0.15) is 0 Å². The Morgan fingerprint density at radius 3 is 2.72 bits per heavy atom. The number of anilines is 1. The Labute approximate surface area is 143 Å². The lowest BCUT2D eigenvalue weighted by molar-refractivity contribution is -0.124. The molecule has 1 aromatic heterocycles. The van der Waals surface area contributed by atoms with Gasteiger partial charge in [-0.1, -0.05) is 13.8 Å². The van der Waals surface area contributed by atoms with Gasteiger partial charge in [0.2, 0.25) is 5.91 Å². The molecule has 1 fully saturated rings. The second kappa shape index (κ2) is 6.59. The largest absolute Gasteiger partial charge is 0.394 e. The molecular formula is C14H21N5O6. The fourth-order valence-corrected chi connectivity index (χ4v) is 2.73. The summed E-state index contributed by atoms with van der Waals surface area (Å²) in [7, 11) is 0. The Balaban J connectivity index is 1.84. The van der Waals surface area contributed by atoms with Crippen LogP contribution in [-0.4, -0.2) is 67.9 Å². The average Bonchev–Trinajstić information content (AvgIpc) is 3.10. The van der Waals surface area contributed by atoms with E-state index in [9.17, 15) is 24.9 Å². The monoisotopic (exact) mass is 355 g/mol. The lowest BCUT2D eigenvalue weighted by Gasteiger charge is -2.29. The summed E-state index contributed by atoms with van der Waals surface area (Å²) < 4.78 is 6.80. The van der Waals surface area contributed by atoms with E-state index in [1.165, 1.54) is 10.9 Å². The zero-order valence-corrected chi connectivity index (χ0v) is 13.7. The van der Waals surface area contributed by atoms with Crippen molar-refractivity contribution in [1.29, 1.82) is 0 Å². The van der Waals surface area contributed by atoms with Crippen molar-refractivity contribution in [3.8, 4) is 0 Å². The molecule has 1 saturated heterocycles. The van der Waals surface area contributed by atoms with Gasteiger partial charge in [0.05, 0.1) is 12.9 Å². The van der Waals surface area contributed by atoms with Crippen LogP contribution in [0.1, 0.15) is 30.6 Å². The number of nitrogens with zero attached hydrogens (tertiary/aromatic N) is 2. The number of imidazole rings is 1. The molecule has 25 heavy (non-hydrogen) atoms. The molecule has 0 aromatic carbocycles. The topological polar surface area (TPSA) is 158 Å². The van der Waals surface area contributed by atoms with E-state index in [-0.39, 0.29) is 23.3 Å². The van der Waals surface area contributed by atoms with E-state index in [2.05, 4.69) is 20.9 Å². The summed E-state index contributed by atoms with van der Waals surface area (Å²) in [5.74, 6) is -0.813. The summed E-state index contributed by atoms with van der Waals surface area (Å²) in [5, 5.41) is 37.3. The number of carbonyl (C=O) groups excluding carboxylic acids is 2. The zero-order chi connectivity index (χ0) is 18.3. The molecule has 2 amide bonds. The Morgan fingerprint density at radius 1 is 1.40 bits per heavy atom. The van der Waals surface area contributed by atoms with Gasteiger partial charge in [-0.3, -0.25) is 14.2 Å². The maximum atomic E-state index is 12.2. The minimum absolute atomic E-state index is 0.0628. The molecule has 3 rings (SSSR count). The highest BCUT2D eigenvalue weighted by Gasteiger charge is 2.45. The Hall–Kier alpha value is -2.21. The number of aliphatic hydroxyl groups excluding tert-OH is 3. The molecule has 6 N–H and O–H groups in total. The zero-order valence-electron chi connectivity index (χ0n) is 13.7. The van der Waals surface area contributed by atoms with E-state index >= 15 is 0 Å². The van der Waals surface area contributed by atoms with Crippen LogP contribution in [0.4, 0.5) is 5.82 Å². The van der Waals surface area contributed by atoms with Gasteiger partial charge < -0.3 is 36.0 Å². The van der Waals surface area contributed by atoms with Crippen LogP contribution in [0, 0.1) is 5.92 Å². The van der Waals surface area contributed by atoms with Crippen LogP contribution in [0.5, 0.6) is 0 Å². The van der Waals surface area contributed by atoms with E-state index in [1.54, 1.807) is 13.8 Å². The van der Waals surface area contributed by atoms with E-state index < -0.39 is 43.3 Å². The van der Waals surface area contributed by atoms with Crippen molar-refractivity contribution in [2.24, 2.45) is 5.92 Å². The minimum atomic E-state index is -1.31. The normalized spacial score (nSPS) is 31.4. The molecule has 0 aliphatic carbocycles. The Bertz CT molecular complexity index is 677. The molecule has 0 spiro atoms. The van der Waals surface area contributed by atoms with Crippen LogP contribution < -0.4 is 16.0 Å². The van der Waals surface area contributed by atoms with Crippen LogP contribution in [0.15, 0.2) is 6.33 Å². The van der Waals surface area contributed by atoms with Gasteiger partial charge in [-0.15, -0.1) is 0 Å². The van der Waals surface area contributed by atoms with Crippen molar-refractivity contribution in [2.75, 3.05) is 11.9 Å². The number of aliphatic hydroxyl groups is 3. The molecule has 3 heterocycles. The first kappa shape index (κ1) is 17.6. The third kappa shape index (κ3) is 3.06. The predicted octanol–water partition coefficient (Wildman–Crippen LogP) is -2.29. The summed E-state index contributed by atoms with van der Waals surface area (Å²) in [6, 6.07) is 0.